The summed E-state index contributed by atoms with van der Waals surface area (Å²) in [5, 5.41) is 5.27. The number of carbonyl (C=O) groups excluding carboxylic acids is 1. The van der Waals surface area contributed by atoms with Gasteiger partial charge in [0.05, 0.1) is 18.6 Å². The summed E-state index contributed by atoms with van der Waals surface area (Å²) in [6.45, 7) is 6.55. The van der Waals surface area contributed by atoms with Crippen LogP contribution in [0.3, 0.4) is 0 Å². The number of aryl methyl sites for hydroxylation is 2. The Balaban J connectivity index is 1.56. The van der Waals surface area contributed by atoms with Gasteiger partial charge in [-0.3, -0.25) is 4.79 Å². The topological polar surface area (TPSA) is 85.7 Å². The van der Waals surface area contributed by atoms with Gasteiger partial charge in [-0.15, -0.1) is 0 Å². The van der Waals surface area contributed by atoms with E-state index in [0.29, 0.717) is 34.9 Å². The van der Waals surface area contributed by atoms with Crippen molar-refractivity contribution in [3.63, 3.8) is 0 Å². The van der Waals surface area contributed by atoms with Crippen LogP contribution >= 0.6 is 23.4 Å². The van der Waals surface area contributed by atoms with Crippen molar-refractivity contribution < 1.29 is 14.3 Å². The summed E-state index contributed by atoms with van der Waals surface area (Å²) in [5.74, 6) is 1.13. The van der Waals surface area contributed by atoms with E-state index in [-0.39, 0.29) is 11.7 Å². The smallest absolute Gasteiger partial charge is 0.250 e. The molecule has 0 saturated heterocycles. The fourth-order valence-electron chi connectivity index (χ4n) is 2.88. The number of thioether (sulfide) groups is 1. The summed E-state index contributed by atoms with van der Waals surface area (Å²) in [5.41, 5.74) is 5.98. The van der Waals surface area contributed by atoms with Gasteiger partial charge in [0.15, 0.2) is 16.7 Å². The number of hydrogen-bond donors (Lipinski definition) is 1. The Morgan fingerprint density at radius 3 is 2.61 bits per heavy atom. The van der Waals surface area contributed by atoms with Gasteiger partial charge in [0, 0.05) is 16.4 Å². The highest BCUT2D eigenvalue weighted by Gasteiger charge is 2.08. The van der Waals surface area contributed by atoms with Crippen LogP contribution in [0, 0.1) is 13.8 Å². The van der Waals surface area contributed by atoms with Crippen LogP contribution in [0.15, 0.2) is 58.8 Å². The fraction of sp³-hybridized carbons (Fsp3) is 0.250. The van der Waals surface area contributed by atoms with E-state index in [4.69, 9.17) is 21.1 Å². The third-order valence-electron chi connectivity index (χ3n) is 4.25. The fourth-order valence-corrected chi connectivity index (χ4v) is 3.83. The third kappa shape index (κ3) is 8.07. The van der Waals surface area contributed by atoms with E-state index in [1.807, 2.05) is 69.3 Å². The van der Waals surface area contributed by atoms with Crippen LogP contribution < -0.4 is 14.9 Å². The number of amides is 1. The predicted octanol–water partition coefficient (Wildman–Crippen LogP) is 4.97. The number of carbonyl (C=O) groups is 1. The molecule has 1 amide bonds. The lowest BCUT2D eigenvalue weighted by Crippen LogP contribution is -2.19. The van der Waals surface area contributed by atoms with Crippen molar-refractivity contribution in [1.29, 1.82) is 0 Å². The molecule has 0 saturated carbocycles. The first kappa shape index (κ1) is 24.5. The molecule has 1 aromatic heterocycles. The van der Waals surface area contributed by atoms with Crippen LogP contribution in [-0.4, -0.2) is 34.4 Å². The summed E-state index contributed by atoms with van der Waals surface area (Å²) >= 11 is 7.30. The lowest BCUT2D eigenvalue weighted by molar-refractivity contribution is -0.118. The van der Waals surface area contributed by atoms with E-state index in [1.54, 1.807) is 6.21 Å². The maximum Gasteiger partial charge on any atom is 0.250 e. The van der Waals surface area contributed by atoms with Gasteiger partial charge in [-0.05, 0) is 68.3 Å². The van der Waals surface area contributed by atoms with E-state index >= 15 is 0 Å². The van der Waals surface area contributed by atoms with Crippen LogP contribution in [0.25, 0.3) is 0 Å². The normalized spacial score (nSPS) is 10.9. The third-order valence-corrected chi connectivity index (χ3v) is 5.33. The summed E-state index contributed by atoms with van der Waals surface area (Å²) in [6, 6.07) is 14.8. The molecule has 3 aromatic rings. The molecule has 0 unspecified atom stereocenters. The molecule has 0 fully saturated rings. The molecule has 0 aliphatic heterocycles. The molecule has 0 bridgehead atoms. The first-order chi connectivity index (χ1) is 15.9. The highest BCUT2D eigenvalue weighted by Crippen LogP contribution is 2.29. The van der Waals surface area contributed by atoms with Crippen LogP contribution in [0.1, 0.15) is 29.4 Å². The van der Waals surface area contributed by atoms with Gasteiger partial charge >= 0.3 is 0 Å². The van der Waals surface area contributed by atoms with Gasteiger partial charge < -0.3 is 9.47 Å². The van der Waals surface area contributed by atoms with Gasteiger partial charge in [-0.2, -0.15) is 5.10 Å². The van der Waals surface area contributed by atoms with Crippen molar-refractivity contribution in [2.24, 2.45) is 5.10 Å². The number of nitrogens with zero attached hydrogens (tertiary/aromatic N) is 3. The number of hydrazone groups is 1. The van der Waals surface area contributed by atoms with Gasteiger partial charge in [0.2, 0.25) is 0 Å². The Labute approximate surface area is 202 Å². The van der Waals surface area contributed by atoms with E-state index in [9.17, 15) is 4.79 Å². The minimum Gasteiger partial charge on any atom is -0.490 e. The van der Waals surface area contributed by atoms with Crippen molar-refractivity contribution in [3.8, 4) is 11.5 Å². The van der Waals surface area contributed by atoms with Crippen molar-refractivity contribution in [2.75, 3.05) is 12.4 Å². The molecular formula is C24H25ClN4O3S. The molecule has 33 heavy (non-hydrogen) atoms. The SMILES string of the molecule is CCOc1cc(/C=N/NC(=O)CSc2nc(C)cc(C)n2)ccc1OCc1cccc(Cl)c1. The molecule has 0 aliphatic rings. The van der Waals surface area contributed by atoms with E-state index in [0.717, 1.165) is 22.5 Å². The predicted molar refractivity (Wildman–Crippen MR) is 131 cm³/mol. The molecule has 2 aromatic carbocycles. The maximum absolute atomic E-state index is 12.1. The van der Waals surface area contributed by atoms with Gasteiger partial charge in [0.1, 0.15) is 6.61 Å². The minimum atomic E-state index is -0.245. The Kier molecular flexibility index (Phi) is 9.09. The molecule has 0 radical (unpaired) electrons. The Morgan fingerprint density at radius 2 is 1.88 bits per heavy atom. The summed E-state index contributed by atoms with van der Waals surface area (Å²) in [6.07, 6.45) is 1.55. The molecule has 7 nitrogen and oxygen atoms in total. The van der Waals surface area contributed by atoms with Gasteiger partial charge in [0.25, 0.3) is 5.91 Å². The lowest BCUT2D eigenvalue weighted by atomic mass is 10.2. The second-order valence-electron chi connectivity index (χ2n) is 7.07. The number of benzene rings is 2. The number of halogens is 1. The quantitative estimate of drug-likeness (QED) is 0.189. The summed E-state index contributed by atoms with van der Waals surface area (Å²) < 4.78 is 11.6. The van der Waals surface area contributed by atoms with E-state index in [2.05, 4.69) is 20.5 Å². The van der Waals surface area contributed by atoms with Crippen molar-refractivity contribution in [2.45, 2.75) is 32.5 Å². The lowest BCUT2D eigenvalue weighted by Gasteiger charge is -2.12. The standard InChI is InChI=1S/C24H25ClN4O3S/c1-4-31-22-12-18(8-9-21(22)32-14-19-6-5-7-20(25)11-19)13-26-29-23(30)15-33-24-27-16(2)10-17(3)28-24/h5-13H,4,14-15H2,1-3H3,(H,29,30)/b26-13+. The minimum absolute atomic E-state index is 0.167. The van der Waals surface area contributed by atoms with Crippen molar-refractivity contribution >= 4 is 35.5 Å². The highest BCUT2D eigenvalue weighted by molar-refractivity contribution is 7.99. The number of hydrogen-bond acceptors (Lipinski definition) is 7. The molecule has 3 rings (SSSR count). The zero-order chi connectivity index (χ0) is 23.6. The zero-order valence-corrected chi connectivity index (χ0v) is 20.2. The van der Waals surface area contributed by atoms with E-state index in [1.165, 1.54) is 11.8 Å². The van der Waals surface area contributed by atoms with Crippen LogP contribution in [0.2, 0.25) is 5.02 Å². The average Bonchev–Trinajstić information content (AvgIpc) is 2.77. The Bertz CT molecular complexity index is 1120. The molecule has 172 valence electrons. The molecular weight excluding hydrogens is 460 g/mol. The molecule has 1 heterocycles. The number of ether oxygens (including phenoxy) is 2. The monoisotopic (exact) mass is 484 g/mol. The largest absolute Gasteiger partial charge is 0.490 e. The molecule has 0 atom stereocenters. The molecule has 9 heteroatoms. The van der Waals surface area contributed by atoms with Crippen LogP contribution in [-0.2, 0) is 11.4 Å². The molecule has 1 N–H and O–H groups in total. The highest BCUT2D eigenvalue weighted by atomic mass is 35.5. The number of nitrogens with one attached hydrogen (secondary N) is 1. The second kappa shape index (κ2) is 12.2. The zero-order valence-electron chi connectivity index (χ0n) is 18.7. The maximum atomic E-state index is 12.1. The Hall–Kier alpha value is -3.10. The molecule has 0 aliphatic carbocycles. The summed E-state index contributed by atoms with van der Waals surface area (Å²) in [7, 11) is 0. The van der Waals surface area contributed by atoms with Gasteiger partial charge in [-0.25, -0.2) is 15.4 Å². The van der Waals surface area contributed by atoms with Crippen molar-refractivity contribution in [1.82, 2.24) is 15.4 Å². The van der Waals surface area contributed by atoms with E-state index < -0.39 is 0 Å². The first-order valence-electron chi connectivity index (χ1n) is 10.3. The van der Waals surface area contributed by atoms with Crippen LogP contribution in [0.4, 0.5) is 0 Å². The average molecular weight is 485 g/mol. The Morgan fingerprint density at radius 1 is 1.09 bits per heavy atom. The van der Waals surface area contributed by atoms with Gasteiger partial charge in [-0.1, -0.05) is 35.5 Å². The number of rotatable bonds is 10. The molecule has 0 spiro atoms. The first-order valence-corrected chi connectivity index (χ1v) is 11.7. The van der Waals surface area contributed by atoms with Crippen LogP contribution in [0.5, 0.6) is 11.5 Å². The second-order valence-corrected chi connectivity index (χ2v) is 8.45. The number of aromatic nitrogens is 2. The van der Waals surface area contributed by atoms with Crippen molar-refractivity contribution in [3.05, 3.63) is 76.1 Å². The summed E-state index contributed by atoms with van der Waals surface area (Å²) in [4.78, 5) is 20.7.